The van der Waals surface area contributed by atoms with Gasteiger partial charge in [0.1, 0.15) is 11.6 Å². The lowest BCUT2D eigenvalue weighted by Crippen LogP contribution is -2.38. The minimum Gasteiger partial charge on any atom is -0.352 e. The van der Waals surface area contributed by atoms with Gasteiger partial charge >= 0.3 is 0 Å². The predicted molar refractivity (Wildman–Crippen MR) is 136 cm³/mol. The number of imidazole rings is 2. The Kier molecular flexibility index (Phi) is 9.60. The quantitative estimate of drug-likeness (QED) is 0.325. The standard InChI is InChI=1S/C26H37N7O2/c1-19(2)33(20(3)4)15-6-5-10-31-25(34)21-8-7-9-22(16-21)26(35)32(17-23-27-11-12-28-23)18-24-29-13-14-30-24/h7-9,11-14,16,19-20H,5-6,10,15,17-18H2,1-4H3,(H,27,28)(H,29,30)(H,31,34). The van der Waals surface area contributed by atoms with Crippen molar-refractivity contribution in [2.75, 3.05) is 13.1 Å². The molecule has 0 bridgehead atoms. The smallest absolute Gasteiger partial charge is 0.254 e. The van der Waals surface area contributed by atoms with Crippen LogP contribution in [0.25, 0.3) is 0 Å². The van der Waals surface area contributed by atoms with Crippen LogP contribution in [0.4, 0.5) is 0 Å². The summed E-state index contributed by atoms with van der Waals surface area (Å²) in [6, 6.07) is 7.85. The molecule has 2 heterocycles. The van der Waals surface area contributed by atoms with Crippen molar-refractivity contribution in [3.8, 4) is 0 Å². The largest absolute Gasteiger partial charge is 0.352 e. The number of carbonyl (C=O) groups is 2. The van der Waals surface area contributed by atoms with Gasteiger partial charge in [0.25, 0.3) is 11.8 Å². The molecule has 0 spiro atoms. The van der Waals surface area contributed by atoms with Crippen molar-refractivity contribution in [3.05, 3.63) is 71.8 Å². The van der Waals surface area contributed by atoms with Gasteiger partial charge in [0.05, 0.1) is 13.1 Å². The molecule has 0 aliphatic carbocycles. The van der Waals surface area contributed by atoms with Gasteiger partial charge in [-0.1, -0.05) is 6.07 Å². The topological polar surface area (TPSA) is 110 Å². The zero-order valence-electron chi connectivity index (χ0n) is 21.1. The van der Waals surface area contributed by atoms with Crippen LogP contribution in [0.2, 0.25) is 0 Å². The van der Waals surface area contributed by atoms with Crippen LogP contribution in [0.5, 0.6) is 0 Å². The number of aromatic amines is 2. The first-order valence-corrected chi connectivity index (χ1v) is 12.2. The van der Waals surface area contributed by atoms with Crippen molar-refractivity contribution >= 4 is 11.8 Å². The third-order valence-corrected chi connectivity index (χ3v) is 5.91. The lowest BCUT2D eigenvalue weighted by Gasteiger charge is -2.30. The van der Waals surface area contributed by atoms with Crippen LogP contribution in [0.1, 0.15) is 72.9 Å². The van der Waals surface area contributed by atoms with Crippen LogP contribution in [0.3, 0.4) is 0 Å². The Morgan fingerprint density at radius 2 is 1.51 bits per heavy atom. The Bertz CT molecular complexity index is 1000. The van der Waals surface area contributed by atoms with E-state index in [9.17, 15) is 9.59 Å². The average molecular weight is 480 g/mol. The van der Waals surface area contributed by atoms with Crippen LogP contribution in [-0.4, -0.2) is 66.7 Å². The molecule has 3 N–H and O–H groups in total. The molecule has 1 aromatic carbocycles. The average Bonchev–Trinajstić information content (AvgIpc) is 3.54. The van der Waals surface area contributed by atoms with E-state index in [1.165, 1.54) is 0 Å². The summed E-state index contributed by atoms with van der Waals surface area (Å²) in [5.41, 5.74) is 0.915. The molecule has 3 rings (SSSR count). The summed E-state index contributed by atoms with van der Waals surface area (Å²) < 4.78 is 0. The number of rotatable bonds is 13. The zero-order chi connectivity index (χ0) is 25.2. The van der Waals surface area contributed by atoms with Crippen molar-refractivity contribution in [3.63, 3.8) is 0 Å². The Labute approximate surface area is 207 Å². The van der Waals surface area contributed by atoms with E-state index >= 15 is 0 Å². The number of benzene rings is 1. The molecule has 0 fully saturated rings. The summed E-state index contributed by atoms with van der Waals surface area (Å²) >= 11 is 0. The SMILES string of the molecule is CC(C)N(CCCCNC(=O)c1cccc(C(=O)N(Cc2ncc[nH]2)Cc2ncc[nH]2)c1)C(C)C. The molecule has 2 amide bonds. The van der Waals surface area contributed by atoms with Crippen LogP contribution >= 0.6 is 0 Å². The molecule has 0 aliphatic heterocycles. The number of nitrogens with zero attached hydrogens (tertiary/aromatic N) is 4. The van der Waals surface area contributed by atoms with E-state index in [2.05, 4.69) is 57.8 Å². The van der Waals surface area contributed by atoms with Crippen LogP contribution in [0, 0.1) is 0 Å². The lowest BCUT2D eigenvalue weighted by molar-refractivity contribution is 0.0721. The summed E-state index contributed by atoms with van der Waals surface area (Å²) in [5.74, 6) is 0.974. The van der Waals surface area contributed by atoms with Gasteiger partial charge in [0.15, 0.2) is 0 Å². The first kappa shape index (κ1) is 26.2. The molecule has 9 heteroatoms. The first-order valence-electron chi connectivity index (χ1n) is 12.2. The van der Waals surface area contributed by atoms with Crippen LogP contribution in [0.15, 0.2) is 49.1 Å². The van der Waals surface area contributed by atoms with Gasteiger partial charge < -0.3 is 20.2 Å². The van der Waals surface area contributed by atoms with Gasteiger partial charge in [-0.3, -0.25) is 14.5 Å². The van der Waals surface area contributed by atoms with E-state index in [0.29, 0.717) is 54.5 Å². The number of nitrogens with one attached hydrogen (secondary N) is 3. The van der Waals surface area contributed by atoms with Crippen molar-refractivity contribution in [1.82, 2.24) is 35.1 Å². The Balaban J connectivity index is 1.58. The molecule has 35 heavy (non-hydrogen) atoms. The number of hydrogen-bond donors (Lipinski definition) is 3. The summed E-state index contributed by atoms with van der Waals surface area (Å²) in [7, 11) is 0. The molecule has 9 nitrogen and oxygen atoms in total. The van der Waals surface area contributed by atoms with Gasteiger partial charge in [-0.05, 0) is 65.3 Å². The van der Waals surface area contributed by atoms with Crippen molar-refractivity contribution in [2.45, 2.75) is 65.7 Å². The summed E-state index contributed by atoms with van der Waals surface area (Å²) in [6.07, 6.45) is 8.67. The minimum atomic E-state index is -0.199. The summed E-state index contributed by atoms with van der Waals surface area (Å²) in [6.45, 7) is 11.0. The lowest BCUT2D eigenvalue weighted by atomic mass is 10.1. The van der Waals surface area contributed by atoms with Gasteiger partial charge in [-0.25, -0.2) is 9.97 Å². The highest BCUT2D eigenvalue weighted by atomic mass is 16.2. The number of hydrogen-bond acceptors (Lipinski definition) is 5. The van der Waals surface area contributed by atoms with E-state index in [0.717, 1.165) is 19.4 Å². The number of carbonyl (C=O) groups excluding carboxylic acids is 2. The van der Waals surface area contributed by atoms with E-state index in [1.54, 1.807) is 54.0 Å². The van der Waals surface area contributed by atoms with Crippen molar-refractivity contribution < 1.29 is 9.59 Å². The fourth-order valence-electron chi connectivity index (χ4n) is 4.14. The van der Waals surface area contributed by atoms with Crippen LogP contribution < -0.4 is 5.32 Å². The Hall–Kier alpha value is -3.46. The monoisotopic (exact) mass is 479 g/mol. The molecule has 0 saturated carbocycles. The Morgan fingerprint density at radius 3 is 2.06 bits per heavy atom. The highest BCUT2D eigenvalue weighted by Gasteiger charge is 2.20. The third kappa shape index (κ3) is 7.78. The predicted octanol–water partition coefficient (Wildman–Crippen LogP) is 3.60. The molecular formula is C26H37N7O2. The van der Waals surface area contributed by atoms with E-state index in [1.807, 2.05) is 0 Å². The molecule has 0 radical (unpaired) electrons. The maximum absolute atomic E-state index is 13.4. The molecule has 0 saturated heterocycles. The highest BCUT2D eigenvalue weighted by Crippen LogP contribution is 2.13. The van der Waals surface area contributed by atoms with Gasteiger partial charge in [-0.15, -0.1) is 0 Å². The second kappa shape index (κ2) is 12.9. The third-order valence-electron chi connectivity index (χ3n) is 5.91. The summed E-state index contributed by atoms with van der Waals surface area (Å²) in [4.78, 5) is 44.7. The fraction of sp³-hybridized carbons (Fsp3) is 0.462. The first-order chi connectivity index (χ1) is 16.8. The Morgan fingerprint density at radius 1 is 0.914 bits per heavy atom. The molecule has 0 atom stereocenters. The second-order valence-electron chi connectivity index (χ2n) is 9.20. The van der Waals surface area contributed by atoms with Crippen LogP contribution in [-0.2, 0) is 13.1 Å². The number of unbranched alkanes of at least 4 members (excludes halogenated alkanes) is 1. The molecule has 0 unspecified atom stereocenters. The van der Waals surface area contributed by atoms with Gasteiger partial charge in [0.2, 0.25) is 0 Å². The minimum absolute atomic E-state index is 0.173. The highest BCUT2D eigenvalue weighted by molar-refractivity contribution is 5.99. The number of H-pyrrole nitrogens is 2. The van der Waals surface area contributed by atoms with Crippen molar-refractivity contribution in [2.24, 2.45) is 0 Å². The molecule has 188 valence electrons. The maximum atomic E-state index is 13.4. The molecule has 3 aromatic rings. The number of aromatic nitrogens is 4. The van der Waals surface area contributed by atoms with E-state index in [4.69, 9.17) is 0 Å². The van der Waals surface area contributed by atoms with Gasteiger partial charge in [-0.2, -0.15) is 0 Å². The van der Waals surface area contributed by atoms with E-state index in [-0.39, 0.29) is 11.8 Å². The molecule has 0 aliphatic rings. The van der Waals surface area contributed by atoms with Crippen molar-refractivity contribution in [1.29, 1.82) is 0 Å². The zero-order valence-corrected chi connectivity index (χ0v) is 21.1. The normalized spacial score (nSPS) is 11.4. The maximum Gasteiger partial charge on any atom is 0.254 e. The molecular weight excluding hydrogens is 442 g/mol. The molecule has 2 aromatic heterocycles. The fourth-order valence-corrected chi connectivity index (χ4v) is 4.14. The number of amides is 2. The van der Waals surface area contributed by atoms with Gasteiger partial charge in [0, 0.05) is 54.5 Å². The summed E-state index contributed by atoms with van der Waals surface area (Å²) in [5, 5.41) is 2.99. The second-order valence-corrected chi connectivity index (χ2v) is 9.20. The van der Waals surface area contributed by atoms with E-state index < -0.39 is 0 Å².